The minimum Gasteiger partial charge on any atom is -0.437 e. The molecule has 1 fully saturated rings. The lowest BCUT2D eigenvalue weighted by Crippen LogP contribution is -2.37. The third-order valence-corrected chi connectivity index (χ3v) is 4.99. The monoisotopic (exact) mass is 386 g/mol. The van der Waals surface area contributed by atoms with E-state index in [4.69, 9.17) is 22.1 Å². The van der Waals surface area contributed by atoms with Gasteiger partial charge < -0.3 is 15.4 Å². The number of carbonyl (C=O) groups excluding carboxylic acids is 1. The summed E-state index contributed by atoms with van der Waals surface area (Å²) in [4.78, 5) is 21.9. The Bertz CT molecular complexity index is 997. The minimum atomic E-state index is 0.0929. The number of fused-ring (bicyclic) bond motifs is 1. The normalized spacial score (nSPS) is 15.3. The van der Waals surface area contributed by atoms with Crippen molar-refractivity contribution in [2.45, 2.75) is 25.8 Å². The maximum Gasteiger partial charge on any atom is 0.251 e. The van der Waals surface area contributed by atoms with E-state index >= 15 is 0 Å². The Morgan fingerprint density at radius 3 is 2.78 bits per heavy atom. The average molecular weight is 387 g/mol. The molecular weight excluding hydrogens is 368 g/mol. The number of piperidine rings is 1. The largest absolute Gasteiger partial charge is 0.437 e. The molecule has 0 bridgehead atoms. The summed E-state index contributed by atoms with van der Waals surface area (Å²) in [5, 5.41) is 5.78. The van der Waals surface area contributed by atoms with Crippen LogP contribution in [0.5, 0.6) is 11.6 Å². The highest BCUT2D eigenvalue weighted by atomic mass is 35.5. The molecule has 9 heteroatoms. The molecular formula is C18H19ClN6O2. The number of likely N-dealkylation sites (tertiary alicyclic amines) is 1. The first-order valence-electron chi connectivity index (χ1n) is 8.70. The highest BCUT2D eigenvalue weighted by Gasteiger charge is 2.27. The van der Waals surface area contributed by atoms with Crippen molar-refractivity contribution in [2.75, 3.05) is 18.8 Å². The number of hydrogen-bond acceptors (Lipinski definition) is 6. The van der Waals surface area contributed by atoms with Crippen LogP contribution in [0.3, 0.4) is 0 Å². The van der Waals surface area contributed by atoms with Crippen LogP contribution >= 0.6 is 11.6 Å². The molecule has 0 aliphatic carbocycles. The molecule has 3 heterocycles. The molecule has 27 heavy (non-hydrogen) atoms. The fraction of sp³-hybridized carbons (Fsp3) is 0.333. The lowest BCUT2D eigenvalue weighted by atomic mass is 10.1. The Balaban J connectivity index is 1.70. The lowest BCUT2D eigenvalue weighted by Gasteiger charge is -2.31. The third-order valence-electron chi connectivity index (χ3n) is 4.75. The Hall–Kier alpha value is -2.87. The highest BCUT2D eigenvalue weighted by molar-refractivity contribution is 6.30. The fourth-order valence-electron chi connectivity index (χ4n) is 3.36. The molecule has 1 aliphatic heterocycles. The molecule has 1 saturated heterocycles. The molecule has 1 amide bonds. The predicted octanol–water partition coefficient (Wildman–Crippen LogP) is 3.04. The quantitative estimate of drug-likeness (QED) is 0.742. The van der Waals surface area contributed by atoms with Crippen LogP contribution in [-0.4, -0.2) is 43.6 Å². The molecule has 3 aromatic rings. The van der Waals surface area contributed by atoms with Gasteiger partial charge in [-0.3, -0.25) is 4.79 Å². The van der Waals surface area contributed by atoms with E-state index in [-0.39, 0.29) is 11.9 Å². The van der Waals surface area contributed by atoms with Gasteiger partial charge in [0.05, 0.1) is 6.04 Å². The second-order valence-electron chi connectivity index (χ2n) is 6.50. The Morgan fingerprint density at radius 1 is 1.30 bits per heavy atom. The predicted molar refractivity (Wildman–Crippen MR) is 102 cm³/mol. The topological polar surface area (TPSA) is 99.2 Å². The molecule has 1 aliphatic rings. The number of ether oxygens (including phenoxy) is 1. The first kappa shape index (κ1) is 17.5. The van der Waals surface area contributed by atoms with Crippen molar-refractivity contribution >= 4 is 34.4 Å². The number of anilines is 1. The van der Waals surface area contributed by atoms with Gasteiger partial charge in [-0.1, -0.05) is 17.7 Å². The Labute approximate surface area is 160 Å². The van der Waals surface area contributed by atoms with Gasteiger partial charge in [-0.2, -0.15) is 0 Å². The van der Waals surface area contributed by atoms with Crippen LogP contribution in [0.4, 0.5) is 5.82 Å². The zero-order valence-electron chi connectivity index (χ0n) is 14.8. The number of amides is 1. The van der Waals surface area contributed by atoms with Gasteiger partial charge in [-0.15, -0.1) is 5.10 Å². The number of aromatic nitrogens is 4. The number of nitrogen functional groups attached to an aromatic ring is 1. The van der Waals surface area contributed by atoms with E-state index in [0.29, 0.717) is 46.6 Å². The van der Waals surface area contributed by atoms with Gasteiger partial charge in [0.15, 0.2) is 5.65 Å². The SMILES string of the molecule is CC(=O)N1CCC(n2nc(Oc3cccc(Cl)c3)c3c(N)ncnc32)CC1. The van der Waals surface area contributed by atoms with E-state index < -0.39 is 0 Å². The van der Waals surface area contributed by atoms with Gasteiger partial charge in [-0.05, 0) is 31.0 Å². The van der Waals surface area contributed by atoms with Crippen molar-refractivity contribution in [3.63, 3.8) is 0 Å². The van der Waals surface area contributed by atoms with Crippen LogP contribution in [0.15, 0.2) is 30.6 Å². The summed E-state index contributed by atoms with van der Waals surface area (Å²) in [5.41, 5.74) is 6.71. The van der Waals surface area contributed by atoms with E-state index in [2.05, 4.69) is 15.1 Å². The van der Waals surface area contributed by atoms with Crippen LogP contribution in [0.2, 0.25) is 5.02 Å². The van der Waals surface area contributed by atoms with Gasteiger partial charge in [0.1, 0.15) is 23.3 Å². The van der Waals surface area contributed by atoms with Crippen molar-refractivity contribution in [3.05, 3.63) is 35.6 Å². The molecule has 0 atom stereocenters. The summed E-state index contributed by atoms with van der Waals surface area (Å²) in [7, 11) is 0. The van der Waals surface area contributed by atoms with Crippen molar-refractivity contribution < 1.29 is 9.53 Å². The van der Waals surface area contributed by atoms with Gasteiger partial charge >= 0.3 is 0 Å². The van der Waals surface area contributed by atoms with Crippen LogP contribution in [-0.2, 0) is 4.79 Å². The molecule has 8 nitrogen and oxygen atoms in total. The number of carbonyl (C=O) groups is 1. The fourth-order valence-corrected chi connectivity index (χ4v) is 3.54. The summed E-state index contributed by atoms with van der Waals surface area (Å²) in [6.45, 7) is 2.97. The standard InChI is InChI=1S/C18H19ClN6O2/c1-11(26)24-7-5-13(6-8-24)25-17-15(16(20)21-10-22-17)18(23-25)27-14-4-2-3-12(19)9-14/h2-4,9-10,13H,5-8H2,1H3,(H2,20,21,22). The third kappa shape index (κ3) is 3.40. The second kappa shape index (κ2) is 7.03. The van der Waals surface area contributed by atoms with Crippen LogP contribution in [0, 0.1) is 0 Å². The summed E-state index contributed by atoms with van der Waals surface area (Å²) in [6, 6.07) is 7.17. The first-order valence-corrected chi connectivity index (χ1v) is 9.08. The van der Waals surface area contributed by atoms with Crippen LogP contribution < -0.4 is 10.5 Å². The van der Waals surface area contributed by atoms with Gasteiger partial charge in [0, 0.05) is 25.0 Å². The number of halogens is 1. The maximum atomic E-state index is 11.6. The van der Waals surface area contributed by atoms with E-state index in [1.165, 1.54) is 6.33 Å². The van der Waals surface area contributed by atoms with Crippen LogP contribution in [0.25, 0.3) is 11.0 Å². The zero-order chi connectivity index (χ0) is 19.0. The smallest absolute Gasteiger partial charge is 0.251 e. The molecule has 0 radical (unpaired) electrons. The Morgan fingerprint density at radius 2 is 2.07 bits per heavy atom. The number of nitrogens with two attached hydrogens (primary N) is 1. The van der Waals surface area contributed by atoms with E-state index in [1.54, 1.807) is 31.2 Å². The number of hydrogen-bond donors (Lipinski definition) is 1. The van der Waals surface area contributed by atoms with Gasteiger partial charge in [0.25, 0.3) is 5.88 Å². The number of nitrogens with zero attached hydrogens (tertiary/aromatic N) is 5. The van der Waals surface area contributed by atoms with E-state index in [9.17, 15) is 4.79 Å². The minimum absolute atomic E-state index is 0.0929. The molecule has 140 valence electrons. The molecule has 2 aromatic heterocycles. The molecule has 0 unspecified atom stereocenters. The summed E-state index contributed by atoms with van der Waals surface area (Å²) >= 11 is 6.04. The van der Waals surface area contributed by atoms with Crippen molar-refractivity contribution in [1.29, 1.82) is 0 Å². The van der Waals surface area contributed by atoms with Crippen molar-refractivity contribution in [1.82, 2.24) is 24.6 Å². The van der Waals surface area contributed by atoms with Crippen molar-refractivity contribution in [2.24, 2.45) is 0 Å². The van der Waals surface area contributed by atoms with Crippen molar-refractivity contribution in [3.8, 4) is 11.6 Å². The molecule has 0 spiro atoms. The summed E-state index contributed by atoms with van der Waals surface area (Å²) < 4.78 is 7.78. The van der Waals surface area contributed by atoms with Crippen LogP contribution in [0.1, 0.15) is 25.8 Å². The maximum absolute atomic E-state index is 11.6. The second-order valence-corrected chi connectivity index (χ2v) is 6.94. The summed E-state index contributed by atoms with van der Waals surface area (Å²) in [5.74, 6) is 1.31. The van der Waals surface area contributed by atoms with E-state index in [0.717, 1.165) is 12.8 Å². The molecule has 4 rings (SSSR count). The molecule has 0 saturated carbocycles. The Kier molecular flexibility index (Phi) is 4.57. The summed E-state index contributed by atoms with van der Waals surface area (Å²) in [6.07, 6.45) is 3.00. The number of rotatable bonds is 3. The van der Waals surface area contributed by atoms with Gasteiger partial charge in [0.2, 0.25) is 5.91 Å². The number of benzene rings is 1. The molecule has 2 N–H and O–H groups in total. The molecule has 1 aromatic carbocycles. The van der Waals surface area contributed by atoms with Gasteiger partial charge in [-0.25, -0.2) is 14.6 Å². The van der Waals surface area contributed by atoms with E-state index in [1.807, 2.05) is 9.58 Å². The highest BCUT2D eigenvalue weighted by Crippen LogP contribution is 2.35. The first-order chi connectivity index (χ1) is 13.0. The zero-order valence-corrected chi connectivity index (χ0v) is 15.6. The average Bonchev–Trinajstić information content (AvgIpc) is 3.01. The lowest BCUT2D eigenvalue weighted by molar-refractivity contribution is -0.130.